The van der Waals surface area contributed by atoms with Gasteiger partial charge in [0, 0.05) is 52.5 Å². The van der Waals surface area contributed by atoms with Crippen molar-refractivity contribution in [1.82, 2.24) is 0 Å². The van der Waals surface area contributed by atoms with Gasteiger partial charge in [-0.05, 0) is 12.1 Å². The van der Waals surface area contributed by atoms with Crippen molar-refractivity contribution in [2.24, 2.45) is 10.2 Å². The van der Waals surface area contributed by atoms with E-state index < -0.39 is 20.8 Å². The van der Waals surface area contributed by atoms with Crippen molar-refractivity contribution in [2.45, 2.75) is 4.90 Å². The van der Waals surface area contributed by atoms with Crippen LogP contribution in [-0.2, 0) is 10.1 Å². The van der Waals surface area contributed by atoms with E-state index >= 15 is 0 Å². The number of nitrogens with zero attached hydrogens (tertiary/aromatic N) is 2. The van der Waals surface area contributed by atoms with Crippen LogP contribution in [0.15, 0.2) is 63.7 Å². The van der Waals surface area contributed by atoms with Crippen LogP contribution in [-0.4, -0.2) is 57.8 Å². The summed E-state index contributed by atoms with van der Waals surface area (Å²) in [5.74, 6) is -0.974. The molecule has 0 spiro atoms. The molecule has 3 rings (SSSR count). The summed E-state index contributed by atoms with van der Waals surface area (Å²) < 4.78 is 32.3. The Balaban J connectivity index is 0.00000243. The van der Waals surface area contributed by atoms with Crippen LogP contribution in [0, 0.1) is 0 Å². The molecule has 129 valence electrons. The Morgan fingerprint density at radius 2 is 1.46 bits per heavy atom. The monoisotopic (exact) mass is 383 g/mol. The first-order valence-electron chi connectivity index (χ1n) is 6.93. The predicted octanol–water partition coefficient (Wildman–Crippen LogP) is 3.24. The van der Waals surface area contributed by atoms with Crippen molar-refractivity contribution in [3.8, 4) is 17.2 Å². The summed E-state index contributed by atoms with van der Waals surface area (Å²) in [5, 5.41) is 37.2. The molecule has 0 fully saturated rings. The largest absolute Gasteiger partial charge is 0.508 e. The molecule has 1 radical (unpaired) electrons. The van der Waals surface area contributed by atoms with Crippen LogP contribution in [0.25, 0.3) is 10.8 Å². The van der Waals surface area contributed by atoms with Gasteiger partial charge in [0.15, 0.2) is 0 Å². The van der Waals surface area contributed by atoms with Gasteiger partial charge in [-0.15, -0.1) is 10.2 Å². The van der Waals surface area contributed by atoms with Gasteiger partial charge < -0.3 is 15.3 Å². The minimum Gasteiger partial charge on any atom is -0.508 e. The van der Waals surface area contributed by atoms with E-state index in [1.807, 2.05) is 0 Å². The molecule has 0 heterocycles. The zero-order chi connectivity index (χ0) is 18.2. The standard InChI is InChI=1S/C16H12N2O6S.Na/c19-9-5-6-12(13(20)7-9)17-18-16-11-4-2-1-3-10(11)15(8-14(16)21)25(22,23)24;/h1-8,19-21H,(H,22,23,24);. The predicted molar refractivity (Wildman–Crippen MR) is 95.1 cm³/mol. The Hall–Kier alpha value is -2.17. The number of aromatic hydroxyl groups is 3. The Bertz CT molecular complexity index is 1120. The second-order valence-corrected chi connectivity index (χ2v) is 6.53. The van der Waals surface area contributed by atoms with Gasteiger partial charge in [0.2, 0.25) is 0 Å². The fourth-order valence-electron chi connectivity index (χ4n) is 2.33. The first kappa shape index (κ1) is 20.1. The average Bonchev–Trinajstić information content (AvgIpc) is 2.54. The van der Waals surface area contributed by atoms with Crippen molar-refractivity contribution in [3.05, 3.63) is 48.5 Å². The molecule has 10 heteroatoms. The molecule has 0 saturated heterocycles. The molecule has 0 aliphatic carbocycles. The number of hydrogen-bond acceptors (Lipinski definition) is 7. The van der Waals surface area contributed by atoms with Gasteiger partial charge in [-0.3, -0.25) is 4.55 Å². The maximum absolute atomic E-state index is 11.5. The minimum absolute atomic E-state index is 0. The first-order valence-corrected chi connectivity index (χ1v) is 8.37. The number of fused-ring (bicyclic) bond motifs is 1. The fraction of sp³-hybridized carbons (Fsp3) is 0. The number of phenolic OH excluding ortho intramolecular Hbond substituents is 3. The molecule has 0 unspecified atom stereocenters. The maximum Gasteiger partial charge on any atom is 0.295 e. The zero-order valence-corrected chi connectivity index (χ0v) is 16.3. The molecule has 8 nitrogen and oxygen atoms in total. The van der Waals surface area contributed by atoms with Gasteiger partial charge >= 0.3 is 0 Å². The minimum atomic E-state index is -4.55. The van der Waals surface area contributed by atoms with Crippen molar-refractivity contribution in [3.63, 3.8) is 0 Å². The molecule has 0 aromatic heterocycles. The van der Waals surface area contributed by atoms with Crippen LogP contribution in [0.5, 0.6) is 17.2 Å². The van der Waals surface area contributed by atoms with E-state index in [0.29, 0.717) is 0 Å². The second kappa shape index (κ2) is 7.60. The topological polar surface area (TPSA) is 140 Å². The van der Waals surface area contributed by atoms with E-state index in [-0.39, 0.29) is 63.2 Å². The van der Waals surface area contributed by atoms with Crippen LogP contribution in [0.3, 0.4) is 0 Å². The SMILES string of the molecule is O=S(=O)(O)c1cc(O)c(N=Nc2ccc(O)cc2O)c2ccccc12.[Na]. The Morgan fingerprint density at radius 1 is 0.808 bits per heavy atom. The van der Waals surface area contributed by atoms with Gasteiger partial charge in [-0.2, -0.15) is 8.42 Å². The molecule has 0 saturated carbocycles. The number of phenols is 3. The van der Waals surface area contributed by atoms with E-state index in [0.717, 1.165) is 12.1 Å². The number of benzene rings is 3. The Morgan fingerprint density at radius 3 is 2.08 bits per heavy atom. The van der Waals surface area contributed by atoms with Gasteiger partial charge in [-0.25, -0.2) is 0 Å². The van der Waals surface area contributed by atoms with Crippen LogP contribution in [0.2, 0.25) is 0 Å². The van der Waals surface area contributed by atoms with Crippen molar-refractivity contribution in [2.75, 3.05) is 0 Å². The van der Waals surface area contributed by atoms with E-state index in [9.17, 15) is 28.3 Å². The van der Waals surface area contributed by atoms with E-state index in [1.54, 1.807) is 12.1 Å². The second-order valence-electron chi connectivity index (χ2n) is 5.14. The summed E-state index contributed by atoms with van der Waals surface area (Å²) in [6, 6.07) is 10.7. The quantitative estimate of drug-likeness (QED) is 0.311. The molecule has 0 aliphatic heterocycles. The summed E-state index contributed by atoms with van der Waals surface area (Å²) >= 11 is 0. The van der Waals surface area contributed by atoms with E-state index in [4.69, 9.17) is 0 Å². The summed E-state index contributed by atoms with van der Waals surface area (Å²) in [6.07, 6.45) is 0. The third-order valence-electron chi connectivity index (χ3n) is 3.45. The van der Waals surface area contributed by atoms with E-state index in [2.05, 4.69) is 10.2 Å². The third-order valence-corrected chi connectivity index (χ3v) is 4.35. The molecule has 3 aromatic rings. The molecule has 4 N–H and O–H groups in total. The first-order chi connectivity index (χ1) is 11.8. The molecule has 3 aromatic carbocycles. The Labute approximate surface area is 170 Å². The number of rotatable bonds is 3. The van der Waals surface area contributed by atoms with Crippen molar-refractivity contribution < 1.29 is 28.3 Å². The Kier molecular flexibility index (Phi) is 5.89. The summed E-state index contributed by atoms with van der Waals surface area (Å²) in [4.78, 5) is -0.452. The van der Waals surface area contributed by atoms with Crippen LogP contribution in [0.4, 0.5) is 11.4 Å². The van der Waals surface area contributed by atoms with Crippen LogP contribution >= 0.6 is 0 Å². The number of hydrogen-bond donors (Lipinski definition) is 4. The maximum atomic E-state index is 11.5. The van der Waals surface area contributed by atoms with E-state index in [1.165, 1.54) is 24.3 Å². The van der Waals surface area contributed by atoms with Crippen LogP contribution in [0.1, 0.15) is 0 Å². The summed E-state index contributed by atoms with van der Waals surface area (Å²) in [7, 11) is -4.55. The molecular formula is C16H12N2NaO6S. The average molecular weight is 383 g/mol. The van der Waals surface area contributed by atoms with Crippen molar-refractivity contribution in [1.29, 1.82) is 0 Å². The van der Waals surface area contributed by atoms with Gasteiger partial charge in [0.05, 0.1) is 0 Å². The summed E-state index contributed by atoms with van der Waals surface area (Å²) in [6.45, 7) is 0. The zero-order valence-electron chi connectivity index (χ0n) is 13.5. The smallest absolute Gasteiger partial charge is 0.295 e. The molecule has 0 atom stereocenters. The molecular weight excluding hydrogens is 371 g/mol. The molecule has 0 amide bonds. The normalized spacial score (nSPS) is 11.6. The molecule has 26 heavy (non-hydrogen) atoms. The van der Waals surface area contributed by atoms with Crippen LogP contribution < -0.4 is 0 Å². The molecule has 0 aliphatic rings. The molecule has 0 bridgehead atoms. The fourth-order valence-corrected chi connectivity index (χ4v) is 3.05. The van der Waals surface area contributed by atoms with Gasteiger partial charge in [-0.1, -0.05) is 24.3 Å². The van der Waals surface area contributed by atoms with Gasteiger partial charge in [0.25, 0.3) is 10.1 Å². The third kappa shape index (κ3) is 3.97. The summed E-state index contributed by atoms with van der Waals surface area (Å²) in [5.41, 5.74) is 0.00983. The number of azo groups is 1. The van der Waals surface area contributed by atoms with Gasteiger partial charge in [0.1, 0.15) is 33.5 Å². The van der Waals surface area contributed by atoms with Crippen molar-refractivity contribution >= 4 is 61.8 Å².